The molecule has 0 spiro atoms. The summed E-state index contributed by atoms with van der Waals surface area (Å²) in [4.78, 5) is 16.0. The van der Waals surface area contributed by atoms with E-state index >= 15 is 0 Å². The number of rotatable bonds is 6. The van der Waals surface area contributed by atoms with Crippen molar-refractivity contribution in [3.05, 3.63) is 34.8 Å². The summed E-state index contributed by atoms with van der Waals surface area (Å²) >= 11 is 2.88. The van der Waals surface area contributed by atoms with E-state index in [2.05, 4.69) is 9.71 Å². The molecule has 0 fully saturated rings. The van der Waals surface area contributed by atoms with Gasteiger partial charge in [-0.1, -0.05) is 17.8 Å². The largest absolute Gasteiger partial charge is 0.461 e. The van der Waals surface area contributed by atoms with Crippen molar-refractivity contribution in [1.29, 1.82) is 0 Å². The van der Waals surface area contributed by atoms with Crippen LogP contribution in [0.3, 0.4) is 0 Å². The fraction of sp³-hybridized carbons (Fsp3) is 0.286. The molecular formula is C14H16N2O4S3. The summed E-state index contributed by atoms with van der Waals surface area (Å²) in [6, 6.07) is 5.24. The Labute approximate surface area is 143 Å². The maximum Gasteiger partial charge on any atom is 0.302 e. The number of hydrogen-bond acceptors (Lipinski definition) is 7. The number of aryl methyl sites for hydroxylation is 1. The topological polar surface area (TPSA) is 85.4 Å². The molecule has 0 amide bonds. The third kappa shape index (κ3) is 5.85. The molecule has 1 N–H and O–H groups in total. The predicted molar refractivity (Wildman–Crippen MR) is 91.4 cm³/mol. The van der Waals surface area contributed by atoms with E-state index in [-0.39, 0.29) is 12.6 Å². The van der Waals surface area contributed by atoms with Gasteiger partial charge in [-0.15, -0.1) is 11.3 Å². The second-order valence-electron chi connectivity index (χ2n) is 4.84. The molecular weight excluding hydrogens is 356 g/mol. The number of sulfonamides is 1. The number of benzene rings is 1. The summed E-state index contributed by atoms with van der Waals surface area (Å²) < 4.78 is 31.4. The molecule has 0 radical (unpaired) electrons. The molecule has 0 saturated heterocycles. The van der Waals surface area contributed by atoms with E-state index < -0.39 is 10.0 Å². The minimum atomic E-state index is -3.42. The van der Waals surface area contributed by atoms with Crippen molar-refractivity contribution in [3.8, 4) is 0 Å². The quantitative estimate of drug-likeness (QED) is 0.785. The van der Waals surface area contributed by atoms with Gasteiger partial charge in [0.05, 0.1) is 11.9 Å². The van der Waals surface area contributed by atoms with Crippen LogP contribution in [0.4, 0.5) is 5.69 Å². The van der Waals surface area contributed by atoms with E-state index in [4.69, 9.17) is 4.74 Å². The summed E-state index contributed by atoms with van der Waals surface area (Å²) in [6.07, 6.45) is 1.09. The van der Waals surface area contributed by atoms with Gasteiger partial charge in [0.1, 0.15) is 6.61 Å². The normalized spacial score (nSPS) is 11.3. The second-order valence-corrected chi connectivity index (χ2v) is 8.74. The average Bonchev–Trinajstić information content (AvgIpc) is 2.82. The number of anilines is 1. The van der Waals surface area contributed by atoms with E-state index in [1.54, 1.807) is 18.2 Å². The molecule has 0 saturated carbocycles. The Morgan fingerprint density at radius 1 is 1.43 bits per heavy atom. The predicted octanol–water partition coefficient (Wildman–Crippen LogP) is 3.04. The zero-order valence-electron chi connectivity index (χ0n) is 12.8. The first-order chi connectivity index (χ1) is 10.7. The fourth-order valence-electron chi connectivity index (χ4n) is 1.69. The summed E-state index contributed by atoms with van der Waals surface area (Å²) in [7, 11) is -3.42. The maximum absolute atomic E-state index is 11.6. The lowest BCUT2D eigenvalue weighted by atomic mass is 10.2. The van der Waals surface area contributed by atoms with Crippen LogP contribution in [0.1, 0.15) is 18.2 Å². The molecule has 124 valence electrons. The monoisotopic (exact) mass is 372 g/mol. The first-order valence-corrected chi connectivity index (χ1v) is 10.2. The van der Waals surface area contributed by atoms with Crippen molar-refractivity contribution in [2.75, 3.05) is 11.0 Å². The SMILES string of the molecule is CC(=O)OCc1ccc(Sc2nc(C)cs2)c(NS(C)(=O)=O)c1. The zero-order valence-corrected chi connectivity index (χ0v) is 15.3. The number of carbonyl (C=O) groups excluding carboxylic acids is 1. The zero-order chi connectivity index (χ0) is 17.0. The number of ether oxygens (including phenoxy) is 1. The Kier molecular flexibility index (Phi) is 5.66. The smallest absolute Gasteiger partial charge is 0.302 e. The van der Waals surface area contributed by atoms with Crippen molar-refractivity contribution in [3.63, 3.8) is 0 Å². The highest BCUT2D eigenvalue weighted by Gasteiger charge is 2.12. The van der Waals surface area contributed by atoms with E-state index in [1.807, 2.05) is 12.3 Å². The van der Waals surface area contributed by atoms with Gasteiger partial charge in [0.15, 0.2) is 4.34 Å². The molecule has 1 heterocycles. The Morgan fingerprint density at radius 3 is 2.74 bits per heavy atom. The van der Waals surface area contributed by atoms with Gasteiger partial charge in [-0.3, -0.25) is 9.52 Å². The van der Waals surface area contributed by atoms with Crippen LogP contribution in [-0.4, -0.2) is 25.6 Å². The molecule has 9 heteroatoms. The Balaban J connectivity index is 2.30. The van der Waals surface area contributed by atoms with Gasteiger partial charge in [-0.05, 0) is 24.6 Å². The number of aromatic nitrogens is 1. The number of thiazole rings is 1. The average molecular weight is 372 g/mol. The standard InChI is InChI=1S/C14H16N2O4S3/c1-9-8-21-14(15-9)22-13-5-4-11(7-20-10(2)17)6-12(13)16-23(3,18)19/h4-6,8,16H,7H2,1-3H3. The Hall–Kier alpha value is -1.58. The highest BCUT2D eigenvalue weighted by Crippen LogP contribution is 2.36. The van der Waals surface area contributed by atoms with Crippen LogP contribution in [0.15, 0.2) is 32.8 Å². The lowest BCUT2D eigenvalue weighted by Crippen LogP contribution is -2.11. The molecule has 23 heavy (non-hydrogen) atoms. The van der Waals surface area contributed by atoms with Crippen molar-refractivity contribution in [2.24, 2.45) is 0 Å². The molecule has 2 rings (SSSR count). The molecule has 0 aliphatic carbocycles. The third-order valence-corrected chi connectivity index (χ3v) is 5.30. The van der Waals surface area contributed by atoms with Crippen LogP contribution in [0.25, 0.3) is 0 Å². The first kappa shape index (κ1) is 17.8. The number of nitrogens with one attached hydrogen (secondary N) is 1. The van der Waals surface area contributed by atoms with Crippen molar-refractivity contribution in [2.45, 2.75) is 29.7 Å². The van der Waals surface area contributed by atoms with Crippen LogP contribution >= 0.6 is 23.1 Å². The van der Waals surface area contributed by atoms with Gasteiger partial charge in [-0.2, -0.15) is 0 Å². The molecule has 0 aliphatic heterocycles. The van der Waals surface area contributed by atoms with E-state index in [1.165, 1.54) is 30.0 Å². The molecule has 2 aromatic rings. The summed E-state index contributed by atoms with van der Waals surface area (Å²) in [5, 5.41) is 1.93. The van der Waals surface area contributed by atoms with Crippen LogP contribution in [-0.2, 0) is 26.2 Å². The maximum atomic E-state index is 11.6. The highest BCUT2D eigenvalue weighted by atomic mass is 32.2. The van der Waals surface area contributed by atoms with Gasteiger partial charge < -0.3 is 4.74 Å². The minimum Gasteiger partial charge on any atom is -0.461 e. The van der Waals surface area contributed by atoms with Crippen molar-refractivity contribution >= 4 is 44.8 Å². The summed E-state index contributed by atoms with van der Waals surface area (Å²) in [5.41, 5.74) is 2.06. The molecule has 0 unspecified atom stereocenters. The van der Waals surface area contributed by atoms with Crippen LogP contribution in [0.2, 0.25) is 0 Å². The van der Waals surface area contributed by atoms with E-state index in [0.717, 1.165) is 21.2 Å². The fourth-order valence-corrected chi connectivity index (χ4v) is 4.19. The number of carbonyl (C=O) groups is 1. The van der Waals surface area contributed by atoms with E-state index in [0.29, 0.717) is 11.3 Å². The van der Waals surface area contributed by atoms with Crippen molar-refractivity contribution in [1.82, 2.24) is 4.98 Å². The molecule has 1 aromatic heterocycles. The van der Waals surface area contributed by atoms with Gasteiger partial charge in [0, 0.05) is 22.9 Å². The number of nitrogens with zero attached hydrogens (tertiary/aromatic N) is 1. The Morgan fingerprint density at radius 2 is 2.17 bits per heavy atom. The lowest BCUT2D eigenvalue weighted by molar-refractivity contribution is -0.142. The Bertz CT molecular complexity index is 815. The molecule has 1 aromatic carbocycles. The van der Waals surface area contributed by atoms with Crippen LogP contribution in [0.5, 0.6) is 0 Å². The highest BCUT2D eigenvalue weighted by molar-refractivity contribution is 8.01. The van der Waals surface area contributed by atoms with Gasteiger partial charge in [0.2, 0.25) is 10.0 Å². The lowest BCUT2D eigenvalue weighted by Gasteiger charge is -2.11. The minimum absolute atomic E-state index is 0.0923. The van der Waals surface area contributed by atoms with Gasteiger partial charge in [-0.25, -0.2) is 13.4 Å². The van der Waals surface area contributed by atoms with Crippen molar-refractivity contribution < 1.29 is 17.9 Å². The molecule has 0 atom stereocenters. The molecule has 0 aliphatic rings. The first-order valence-electron chi connectivity index (χ1n) is 6.57. The van der Waals surface area contributed by atoms with E-state index in [9.17, 15) is 13.2 Å². The summed E-state index contributed by atoms with van der Waals surface area (Å²) in [5.74, 6) is -0.390. The van der Waals surface area contributed by atoms with Gasteiger partial charge >= 0.3 is 5.97 Å². The van der Waals surface area contributed by atoms with Gasteiger partial charge in [0.25, 0.3) is 0 Å². The number of esters is 1. The summed E-state index contributed by atoms with van der Waals surface area (Å²) in [6.45, 7) is 3.32. The van der Waals surface area contributed by atoms with Crippen LogP contribution < -0.4 is 4.72 Å². The molecule has 6 nitrogen and oxygen atoms in total. The molecule has 0 bridgehead atoms. The van der Waals surface area contributed by atoms with Crippen LogP contribution in [0, 0.1) is 6.92 Å². The second kappa shape index (κ2) is 7.33. The third-order valence-electron chi connectivity index (χ3n) is 2.58. The number of hydrogen-bond donors (Lipinski definition) is 1.